The van der Waals surface area contributed by atoms with Crippen LogP contribution in [0.4, 0.5) is 15.8 Å². The van der Waals surface area contributed by atoms with Crippen LogP contribution in [0.15, 0.2) is 30.3 Å². The molecule has 9 heteroatoms. The summed E-state index contributed by atoms with van der Waals surface area (Å²) in [4.78, 5) is 23.7. The Morgan fingerprint density at radius 2 is 1.75 bits per heavy atom. The monoisotopic (exact) mass is 390 g/mol. The summed E-state index contributed by atoms with van der Waals surface area (Å²) in [6.45, 7) is -0.606. The Bertz CT molecular complexity index is 792. The minimum Gasteiger partial charge on any atom is -0.452 e. The van der Waals surface area contributed by atoms with Gasteiger partial charge < -0.3 is 15.8 Å². The first kappa shape index (κ1) is 18.3. The molecule has 2 rings (SSSR count). The highest BCUT2D eigenvalue weighted by Gasteiger charge is 2.16. The van der Waals surface area contributed by atoms with Gasteiger partial charge in [-0.3, -0.25) is 4.79 Å². The van der Waals surface area contributed by atoms with E-state index in [1.54, 1.807) is 0 Å². The molecule has 0 saturated carbocycles. The Balaban J connectivity index is 2.00. The maximum Gasteiger partial charge on any atom is 0.340 e. The molecule has 5 nitrogen and oxygen atoms in total. The molecule has 0 unspecified atom stereocenters. The maximum absolute atomic E-state index is 12.9. The predicted molar refractivity (Wildman–Crippen MR) is 91.2 cm³/mol. The fourth-order valence-electron chi connectivity index (χ4n) is 1.77. The highest BCUT2D eigenvalue weighted by atomic mass is 35.5. The molecule has 0 aliphatic carbocycles. The molecule has 0 aromatic heterocycles. The lowest BCUT2D eigenvalue weighted by molar-refractivity contribution is -0.119. The first-order valence-corrected chi connectivity index (χ1v) is 7.58. The second-order valence-electron chi connectivity index (χ2n) is 4.60. The molecule has 0 spiro atoms. The van der Waals surface area contributed by atoms with Crippen molar-refractivity contribution in [1.82, 2.24) is 0 Å². The van der Waals surface area contributed by atoms with Gasteiger partial charge in [-0.05, 0) is 30.3 Å². The van der Waals surface area contributed by atoms with Crippen LogP contribution in [-0.2, 0) is 9.53 Å². The van der Waals surface area contributed by atoms with Crippen molar-refractivity contribution in [3.63, 3.8) is 0 Å². The first-order chi connectivity index (χ1) is 11.3. The van der Waals surface area contributed by atoms with Gasteiger partial charge in [0.15, 0.2) is 6.61 Å². The van der Waals surface area contributed by atoms with Crippen molar-refractivity contribution in [2.45, 2.75) is 0 Å². The second kappa shape index (κ2) is 7.70. The number of nitrogens with two attached hydrogens (primary N) is 1. The molecule has 0 bridgehead atoms. The summed E-state index contributed by atoms with van der Waals surface area (Å²) in [5, 5.41) is 2.98. The number of ether oxygens (including phenoxy) is 1. The number of hydrogen-bond donors (Lipinski definition) is 2. The Kier molecular flexibility index (Phi) is 5.88. The van der Waals surface area contributed by atoms with E-state index in [4.69, 9.17) is 45.3 Å². The summed E-state index contributed by atoms with van der Waals surface area (Å²) in [5.74, 6) is -2.13. The number of hydrogen-bond acceptors (Lipinski definition) is 4. The van der Waals surface area contributed by atoms with Gasteiger partial charge in [-0.2, -0.15) is 0 Å². The van der Waals surface area contributed by atoms with Crippen LogP contribution in [0.5, 0.6) is 0 Å². The summed E-state index contributed by atoms with van der Waals surface area (Å²) >= 11 is 17.6. The van der Waals surface area contributed by atoms with E-state index in [2.05, 4.69) is 5.32 Å². The van der Waals surface area contributed by atoms with Gasteiger partial charge in [-0.25, -0.2) is 9.18 Å². The van der Waals surface area contributed by atoms with E-state index in [0.717, 1.165) is 18.2 Å². The zero-order valence-electron chi connectivity index (χ0n) is 11.9. The van der Waals surface area contributed by atoms with Gasteiger partial charge in [0.2, 0.25) is 0 Å². The Labute approximate surface area is 151 Å². The average Bonchev–Trinajstić information content (AvgIpc) is 2.48. The van der Waals surface area contributed by atoms with Crippen LogP contribution in [0.1, 0.15) is 10.4 Å². The highest BCUT2D eigenvalue weighted by molar-refractivity contribution is 6.42. The van der Waals surface area contributed by atoms with Crippen LogP contribution in [-0.4, -0.2) is 18.5 Å². The van der Waals surface area contributed by atoms with Crippen molar-refractivity contribution in [3.05, 3.63) is 56.8 Å². The summed E-state index contributed by atoms with van der Waals surface area (Å²) in [5.41, 5.74) is 5.52. The van der Waals surface area contributed by atoms with E-state index in [1.165, 1.54) is 12.1 Å². The third-order valence-corrected chi connectivity index (χ3v) is 3.65. The second-order valence-corrected chi connectivity index (χ2v) is 5.85. The highest BCUT2D eigenvalue weighted by Crippen LogP contribution is 2.33. The number of benzene rings is 2. The zero-order valence-corrected chi connectivity index (χ0v) is 14.2. The van der Waals surface area contributed by atoms with Crippen molar-refractivity contribution in [1.29, 1.82) is 0 Å². The molecular formula is C15H10Cl3FN2O3. The van der Waals surface area contributed by atoms with Gasteiger partial charge in [0.05, 0.1) is 21.3 Å². The van der Waals surface area contributed by atoms with Crippen molar-refractivity contribution >= 4 is 58.1 Å². The summed E-state index contributed by atoms with van der Waals surface area (Å²) in [6.07, 6.45) is 0. The van der Waals surface area contributed by atoms with Gasteiger partial charge >= 0.3 is 5.97 Å². The molecule has 0 aliphatic heterocycles. The summed E-state index contributed by atoms with van der Waals surface area (Å²) in [7, 11) is 0. The lowest BCUT2D eigenvalue weighted by atomic mass is 10.2. The normalized spacial score (nSPS) is 10.3. The summed E-state index contributed by atoms with van der Waals surface area (Å²) < 4.78 is 17.8. The Hall–Kier alpha value is -2.02. The minimum absolute atomic E-state index is 0.0493. The maximum atomic E-state index is 12.9. The molecule has 0 heterocycles. The number of nitrogen functional groups attached to an aromatic ring is 1. The number of carbonyl (C=O) groups is 2. The third-order valence-electron chi connectivity index (χ3n) is 2.84. The smallest absolute Gasteiger partial charge is 0.340 e. The predicted octanol–water partition coefficient (Wildman–Crippen LogP) is 4.16. The van der Waals surface area contributed by atoms with Crippen LogP contribution in [0.2, 0.25) is 15.1 Å². The van der Waals surface area contributed by atoms with E-state index in [-0.39, 0.29) is 27.0 Å². The standard InChI is InChI=1S/C15H10Cl3FN2O3/c16-7-3-10(17)14(11(18)4-7)21-13(22)6-24-15(23)9-2-1-8(19)5-12(9)20/h1-5H,6,20H2,(H,21,22). The molecule has 0 radical (unpaired) electrons. The van der Waals surface area contributed by atoms with Crippen molar-refractivity contribution in [2.75, 3.05) is 17.7 Å². The molecule has 0 aliphatic rings. The topological polar surface area (TPSA) is 81.4 Å². The lowest BCUT2D eigenvalue weighted by Gasteiger charge is -2.10. The number of carbonyl (C=O) groups excluding carboxylic acids is 2. The average molecular weight is 392 g/mol. The van der Waals surface area contributed by atoms with Gasteiger partial charge in [0, 0.05) is 10.7 Å². The van der Waals surface area contributed by atoms with E-state index in [9.17, 15) is 14.0 Å². The molecule has 126 valence electrons. The van der Waals surface area contributed by atoms with E-state index < -0.39 is 24.3 Å². The Morgan fingerprint density at radius 3 is 2.33 bits per heavy atom. The quantitative estimate of drug-likeness (QED) is 0.605. The van der Waals surface area contributed by atoms with Crippen molar-refractivity contribution in [2.24, 2.45) is 0 Å². The molecule has 24 heavy (non-hydrogen) atoms. The van der Waals surface area contributed by atoms with Crippen LogP contribution in [0, 0.1) is 5.82 Å². The summed E-state index contributed by atoms with van der Waals surface area (Å²) in [6, 6.07) is 5.99. The van der Waals surface area contributed by atoms with Crippen LogP contribution in [0.3, 0.4) is 0 Å². The molecule has 1 amide bonds. The molecule has 0 fully saturated rings. The molecule has 0 saturated heterocycles. The number of halogens is 4. The fraction of sp³-hybridized carbons (Fsp3) is 0.0667. The van der Waals surface area contributed by atoms with Crippen LogP contribution >= 0.6 is 34.8 Å². The number of nitrogens with one attached hydrogen (secondary N) is 1. The largest absolute Gasteiger partial charge is 0.452 e. The SMILES string of the molecule is Nc1cc(F)ccc1C(=O)OCC(=O)Nc1c(Cl)cc(Cl)cc1Cl. The fourth-order valence-corrected chi connectivity index (χ4v) is 2.68. The minimum atomic E-state index is -0.865. The molecule has 3 N–H and O–H groups in total. The van der Waals surface area contributed by atoms with Crippen molar-refractivity contribution < 1.29 is 18.7 Å². The first-order valence-electron chi connectivity index (χ1n) is 6.44. The van der Waals surface area contributed by atoms with Crippen molar-refractivity contribution in [3.8, 4) is 0 Å². The molecule has 2 aromatic rings. The molecular weight excluding hydrogens is 382 g/mol. The zero-order chi connectivity index (χ0) is 17.9. The van der Waals surface area contributed by atoms with Gasteiger partial charge in [0.1, 0.15) is 5.82 Å². The van der Waals surface area contributed by atoms with Gasteiger partial charge in [-0.15, -0.1) is 0 Å². The Morgan fingerprint density at radius 1 is 1.12 bits per heavy atom. The molecule has 0 atom stereocenters. The van der Waals surface area contributed by atoms with E-state index >= 15 is 0 Å². The van der Waals surface area contributed by atoms with Gasteiger partial charge in [0.25, 0.3) is 5.91 Å². The number of amides is 1. The number of esters is 1. The number of rotatable bonds is 4. The van der Waals surface area contributed by atoms with Gasteiger partial charge in [-0.1, -0.05) is 34.8 Å². The van der Waals surface area contributed by atoms with Crippen LogP contribution in [0.25, 0.3) is 0 Å². The number of anilines is 2. The van der Waals surface area contributed by atoms with E-state index in [1.807, 2.05) is 0 Å². The third kappa shape index (κ3) is 4.50. The van der Waals surface area contributed by atoms with Crippen LogP contribution < -0.4 is 11.1 Å². The van der Waals surface area contributed by atoms with E-state index in [0.29, 0.717) is 5.02 Å². The lowest BCUT2D eigenvalue weighted by Crippen LogP contribution is -2.21. The molecule has 2 aromatic carbocycles.